The summed E-state index contributed by atoms with van der Waals surface area (Å²) in [4.78, 5) is 11.6. The summed E-state index contributed by atoms with van der Waals surface area (Å²) in [6.07, 6.45) is -0.280. The second kappa shape index (κ2) is 10.5. The van der Waals surface area contributed by atoms with E-state index < -0.39 is 35.8 Å². The number of esters is 1. The molecule has 0 aliphatic carbocycles. The van der Waals surface area contributed by atoms with Crippen LogP contribution >= 0.6 is 0 Å². The van der Waals surface area contributed by atoms with Crippen LogP contribution in [0.5, 0.6) is 5.75 Å². The Morgan fingerprint density at radius 3 is 2.36 bits per heavy atom. The van der Waals surface area contributed by atoms with Crippen molar-refractivity contribution in [3.8, 4) is 16.9 Å². The van der Waals surface area contributed by atoms with Crippen molar-refractivity contribution < 1.29 is 31.8 Å². The number of halogens is 4. The summed E-state index contributed by atoms with van der Waals surface area (Å²) in [7, 11) is 0. The molecule has 0 N–H and O–H groups in total. The van der Waals surface area contributed by atoms with Crippen molar-refractivity contribution in [3.05, 3.63) is 88.5 Å². The predicted molar refractivity (Wildman–Crippen MR) is 117 cm³/mol. The molecule has 0 heterocycles. The van der Waals surface area contributed by atoms with Gasteiger partial charge in [-0.3, -0.25) is 0 Å². The Labute approximate surface area is 190 Å². The molecule has 7 heteroatoms. The minimum atomic E-state index is -0.924. The van der Waals surface area contributed by atoms with Crippen LogP contribution in [0.4, 0.5) is 17.6 Å². The molecule has 0 unspecified atom stereocenters. The highest BCUT2D eigenvalue weighted by Crippen LogP contribution is 2.28. The summed E-state index contributed by atoms with van der Waals surface area (Å²) in [5.74, 6) is -3.59. The Morgan fingerprint density at radius 1 is 0.909 bits per heavy atom. The van der Waals surface area contributed by atoms with Gasteiger partial charge in [0.15, 0.2) is 18.2 Å². The largest absolute Gasteiger partial charge is 0.479 e. The number of aryl methyl sites for hydroxylation is 1. The smallest absolute Gasteiger partial charge is 0.344 e. The summed E-state index contributed by atoms with van der Waals surface area (Å²) in [5, 5.41) is 0. The van der Waals surface area contributed by atoms with Crippen molar-refractivity contribution in [3.63, 3.8) is 0 Å². The van der Waals surface area contributed by atoms with Gasteiger partial charge in [-0.2, -0.15) is 0 Å². The number of benzene rings is 3. The van der Waals surface area contributed by atoms with Gasteiger partial charge in [0.1, 0.15) is 17.5 Å². The molecule has 0 spiro atoms. The van der Waals surface area contributed by atoms with E-state index >= 15 is 0 Å². The molecule has 0 radical (unpaired) electrons. The van der Waals surface area contributed by atoms with E-state index in [0.29, 0.717) is 22.3 Å². The number of carbonyl (C=O) groups excluding carboxylic acids is 1. The highest BCUT2D eigenvalue weighted by molar-refractivity contribution is 5.71. The van der Waals surface area contributed by atoms with Crippen LogP contribution in [0.3, 0.4) is 0 Å². The third-order valence-electron chi connectivity index (χ3n) is 5.12. The number of hydrogen-bond donors (Lipinski definition) is 0. The summed E-state index contributed by atoms with van der Waals surface area (Å²) in [6.45, 7) is 4.40. The number of hydrogen-bond acceptors (Lipinski definition) is 3. The first-order chi connectivity index (χ1) is 15.7. The lowest BCUT2D eigenvalue weighted by Gasteiger charge is -2.14. The minimum Gasteiger partial charge on any atom is -0.479 e. The van der Waals surface area contributed by atoms with Crippen LogP contribution in [-0.2, 0) is 22.4 Å². The third-order valence-corrected chi connectivity index (χ3v) is 5.12. The molecule has 174 valence electrons. The van der Waals surface area contributed by atoms with Gasteiger partial charge in [0.25, 0.3) is 0 Å². The minimum absolute atomic E-state index is 0.0712. The van der Waals surface area contributed by atoms with E-state index in [-0.39, 0.29) is 30.3 Å². The lowest BCUT2D eigenvalue weighted by molar-refractivity contribution is -0.149. The van der Waals surface area contributed by atoms with Gasteiger partial charge in [-0.25, -0.2) is 22.4 Å². The summed E-state index contributed by atoms with van der Waals surface area (Å²) >= 11 is 0. The van der Waals surface area contributed by atoms with Crippen molar-refractivity contribution in [2.45, 2.75) is 39.7 Å². The highest BCUT2D eigenvalue weighted by atomic mass is 19.1. The first-order valence-electron chi connectivity index (χ1n) is 10.5. The van der Waals surface area contributed by atoms with Gasteiger partial charge >= 0.3 is 5.97 Å². The van der Waals surface area contributed by atoms with Gasteiger partial charge in [0, 0.05) is 5.56 Å². The molecule has 3 rings (SSSR count). The summed E-state index contributed by atoms with van der Waals surface area (Å²) in [5.41, 5.74) is 1.62. The van der Waals surface area contributed by atoms with Crippen molar-refractivity contribution in [2.75, 3.05) is 6.61 Å². The topological polar surface area (TPSA) is 35.5 Å². The summed E-state index contributed by atoms with van der Waals surface area (Å²) < 4.78 is 67.5. The maximum atomic E-state index is 14.9. The van der Waals surface area contributed by atoms with E-state index in [4.69, 9.17) is 9.47 Å². The van der Waals surface area contributed by atoms with Gasteiger partial charge in [-0.15, -0.1) is 0 Å². The molecule has 0 saturated heterocycles. The standard InChI is InChI=1S/C26H24F4O3/c1-15(2)33-25(31)14-32-24-10-9-22(28)21(26(24)30)8-7-17-11-19(13-23(29)16(17)3)18-5-4-6-20(27)12-18/h4-6,9-13,15H,7-8,14H2,1-3H3. The quantitative estimate of drug-likeness (QED) is 0.291. The number of ether oxygens (including phenoxy) is 2. The molecule has 3 aromatic rings. The predicted octanol–water partition coefficient (Wildman–Crippen LogP) is 6.33. The average molecular weight is 460 g/mol. The maximum Gasteiger partial charge on any atom is 0.344 e. The Bertz CT molecular complexity index is 1160. The van der Waals surface area contributed by atoms with Crippen LogP contribution in [-0.4, -0.2) is 18.7 Å². The van der Waals surface area contributed by atoms with Crippen LogP contribution in [0.2, 0.25) is 0 Å². The molecule has 0 aromatic heterocycles. The van der Waals surface area contributed by atoms with Crippen LogP contribution in [0.1, 0.15) is 30.5 Å². The Morgan fingerprint density at radius 2 is 1.67 bits per heavy atom. The molecular formula is C26H24F4O3. The monoisotopic (exact) mass is 460 g/mol. The van der Waals surface area contributed by atoms with Crippen LogP contribution in [0, 0.1) is 30.2 Å². The van der Waals surface area contributed by atoms with E-state index in [1.165, 1.54) is 24.3 Å². The van der Waals surface area contributed by atoms with Crippen molar-refractivity contribution in [1.82, 2.24) is 0 Å². The fraction of sp³-hybridized carbons (Fsp3) is 0.269. The molecule has 0 aliphatic rings. The SMILES string of the molecule is Cc1c(F)cc(-c2cccc(F)c2)cc1CCc1c(F)ccc(OCC(=O)OC(C)C)c1F. The Hall–Kier alpha value is -3.35. The molecule has 0 aliphatic heterocycles. The van der Waals surface area contributed by atoms with Crippen molar-refractivity contribution in [2.24, 2.45) is 0 Å². The van der Waals surface area contributed by atoms with E-state index in [1.54, 1.807) is 32.9 Å². The van der Waals surface area contributed by atoms with E-state index in [0.717, 1.165) is 12.1 Å². The fourth-order valence-electron chi connectivity index (χ4n) is 3.44. The molecule has 0 saturated carbocycles. The molecule has 3 aromatic carbocycles. The summed E-state index contributed by atoms with van der Waals surface area (Å²) in [6, 6.07) is 10.9. The van der Waals surface area contributed by atoms with Crippen molar-refractivity contribution in [1.29, 1.82) is 0 Å². The first kappa shape index (κ1) is 24.3. The first-order valence-corrected chi connectivity index (χ1v) is 10.5. The Kier molecular flexibility index (Phi) is 7.74. The zero-order valence-electron chi connectivity index (χ0n) is 18.6. The lowest BCUT2D eigenvalue weighted by Crippen LogP contribution is -2.19. The van der Waals surface area contributed by atoms with Crippen molar-refractivity contribution >= 4 is 5.97 Å². The number of rotatable bonds is 8. The average Bonchev–Trinajstić information content (AvgIpc) is 2.75. The molecule has 0 bridgehead atoms. The molecular weight excluding hydrogens is 436 g/mol. The van der Waals surface area contributed by atoms with Gasteiger partial charge in [-0.1, -0.05) is 18.2 Å². The zero-order valence-corrected chi connectivity index (χ0v) is 18.6. The highest BCUT2D eigenvalue weighted by Gasteiger charge is 2.18. The fourth-order valence-corrected chi connectivity index (χ4v) is 3.44. The molecule has 3 nitrogen and oxygen atoms in total. The van der Waals surface area contributed by atoms with Crippen LogP contribution in [0.25, 0.3) is 11.1 Å². The van der Waals surface area contributed by atoms with Gasteiger partial charge in [0.2, 0.25) is 0 Å². The molecule has 0 atom stereocenters. The van der Waals surface area contributed by atoms with Crippen LogP contribution < -0.4 is 4.74 Å². The lowest BCUT2D eigenvalue weighted by atomic mass is 9.95. The molecule has 0 fully saturated rings. The normalized spacial score (nSPS) is 11.0. The second-order valence-corrected chi connectivity index (χ2v) is 7.92. The Balaban J connectivity index is 1.81. The van der Waals surface area contributed by atoms with Gasteiger partial charge < -0.3 is 9.47 Å². The van der Waals surface area contributed by atoms with Gasteiger partial charge in [-0.05, 0) is 86.2 Å². The molecule has 0 amide bonds. The van der Waals surface area contributed by atoms with E-state index in [2.05, 4.69) is 0 Å². The second-order valence-electron chi connectivity index (χ2n) is 7.92. The maximum absolute atomic E-state index is 14.9. The molecule has 33 heavy (non-hydrogen) atoms. The number of carbonyl (C=O) groups is 1. The van der Waals surface area contributed by atoms with E-state index in [1.807, 2.05) is 0 Å². The van der Waals surface area contributed by atoms with Gasteiger partial charge in [0.05, 0.1) is 6.10 Å². The van der Waals surface area contributed by atoms with Crippen LogP contribution in [0.15, 0.2) is 48.5 Å². The zero-order chi connectivity index (χ0) is 24.1. The third kappa shape index (κ3) is 6.12. The van der Waals surface area contributed by atoms with E-state index in [9.17, 15) is 22.4 Å².